The zero-order chi connectivity index (χ0) is 16.4. The number of nitrogens with one attached hydrogen (secondary N) is 1. The van der Waals surface area contributed by atoms with E-state index < -0.39 is 5.56 Å². The Morgan fingerprint density at radius 2 is 1.82 bits per heavy atom. The van der Waals surface area contributed by atoms with Crippen molar-refractivity contribution >= 4 is 5.82 Å². The lowest BCUT2D eigenvalue weighted by molar-refractivity contribution is 0.413. The number of methoxy groups -OCH3 is 1. The molecule has 2 rings (SSSR count). The first-order valence-electron chi connectivity index (χ1n) is 6.46. The van der Waals surface area contributed by atoms with Gasteiger partial charge in [-0.15, -0.1) is 0 Å². The SMILES string of the molecule is COc1c(C)cc(C)cc1-c1c(C#N)c(N)[nH]c(=O)c1C#N. The highest BCUT2D eigenvalue weighted by atomic mass is 16.5. The fraction of sp³-hybridized carbons (Fsp3) is 0.188. The van der Waals surface area contributed by atoms with Crippen molar-refractivity contribution in [2.75, 3.05) is 12.8 Å². The molecule has 2 aromatic rings. The summed E-state index contributed by atoms with van der Waals surface area (Å²) in [5.74, 6) is 0.436. The Bertz CT molecular complexity index is 898. The van der Waals surface area contributed by atoms with Crippen LogP contribution < -0.4 is 16.0 Å². The van der Waals surface area contributed by atoms with Crippen molar-refractivity contribution in [1.82, 2.24) is 4.98 Å². The number of rotatable bonds is 2. The van der Waals surface area contributed by atoms with E-state index in [1.54, 1.807) is 6.07 Å². The zero-order valence-corrected chi connectivity index (χ0v) is 12.4. The molecule has 1 heterocycles. The largest absolute Gasteiger partial charge is 0.496 e. The molecule has 110 valence electrons. The maximum Gasteiger partial charge on any atom is 0.268 e. The van der Waals surface area contributed by atoms with Gasteiger partial charge in [0, 0.05) is 11.1 Å². The fourth-order valence-electron chi connectivity index (χ4n) is 2.52. The molecule has 0 bridgehead atoms. The predicted molar refractivity (Wildman–Crippen MR) is 82.4 cm³/mol. The number of nitrogen functional groups attached to an aromatic ring is 1. The van der Waals surface area contributed by atoms with E-state index >= 15 is 0 Å². The van der Waals surface area contributed by atoms with Crippen LogP contribution in [-0.2, 0) is 0 Å². The highest BCUT2D eigenvalue weighted by molar-refractivity contribution is 5.84. The summed E-state index contributed by atoms with van der Waals surface area (Å²) in [6, 6.07) is 7.48. The zero-order valence-electron chi connectivity index (χ0n) is 12.4. The summed E-state index contributed by atoms with van der Waals surface area (Å²) >= 11 is 0. The number of aromatic amines is 1. The molecule has 0 radical (unpaired) electrons. The molecule has 0 unspecified atom stereocenters. The first-order chi connectivity index (χ1) is 10.4. The van der Waals surface area contributed by atoms with E-state index in [1.165, 1.54) is 7.11 Å². The Morgan fingerprint density at radius 1 is 1.18 bits per heavy atom. The lowest BCUT2D eigenvalue weighted by Crippen LogP contribution is -2.16. The third-order valence-corrected chi connectivity index (χ3v) is 3.36. The van der Waals surface area contributed by atoms with E-state index in [-0.39, 0.29) is 22.5 Å². The van der Waals surface area contributed by atoms with Gasteiger partial charge in [-0.1, -0.05) is 6.07 Å². The molecule has 0 atom stereocenters. The van der Waals surface area contributed by atoms with Crippen molar-refractivity contribution in [2.24, 2.45) is 0 Å². The second kappa shape index (κ2) is 5.63. The Balaban J connectivity index is 3.05. The quantitative estimate of drug-likeness (QED) is 0.878. The Morgan fingerprint density at radius 3 is 2.36 bits per heavy atom. The summed E-state index contributed by atoms with van der Waals surface area (Å²) in [6.45, 7) is 3.73. The monoisotopic (exact) mass is 294 g/mol. The van der Waals surface area contributed by atoms with Crippen molar-refractivity contribution in [1.29, 1.82) is 10.5 Å². The summed E-state index contributed by atoms with van der Waals surface area (Å²) in [4.78, 5) is 14.3. The van der Waals surface area contributed by atoms with Gasteiger partial charge in [0.2, 0.25) is 0 Å². The van der Waals surface area contributed by atoms with Crippen LogP contribution in [0, 0.1) is 36.5 Å². The molecular weight excluding hydrogens is 280 g/mol. The molecule has 0 aliphatic rings. The molecule has 0 saturated heterocycles. The summed E-state index contributed by atoms with van der Waals surface area (Å²) in [5.41, 5.74) is 7.46. The van der Waals surface area contributed by atoms with Crippen molar-refractivity contribution < 1.29 is 4.74 Å². The van der Waals surface area contributed by atoms with Crippen LogP contribution in [0.5, 0.6) is 5.75 Å². The van der Waals surface area contributed by atoms with Crippen molar-refractivity contribution in [3.8, 4) is 29.0 Å². The van der Waals surface area contributed by atoms with Gasteiger partial charge in [0.1, 0.15) is 34.8 Å². The molecule has 3 N–H and O–H groups in total. The smallest absolute Gasteiger partial charge is 0.268 e. The van der Waals surface area contributed by atoms with Crippen LogP contribution in [0.4, 0.5) is 5.82 Å². The molecule has 1 aromatic carbocycles. The average Bonchev–Trinajstić information content (AvgIpc) is 2.45. The minimum absolute atomic E-state index is 0.0550. The molecule has 0 saturated carbocycles. The van der Waals surface area contributed by atoms with Crippen LogP contribution in [-0.4, -0.2) is 12.1 Å². The number of hydrogen-bond donors (Lipinski definition) is 2. The van der Waals surface area contributed by atoms with Crippen LogP contribution in [0.2, 0.25) is 0 Å². The van der Waals surface area contributed by atoms with E-state index in [0.29, 0.717) is 11.3 Å². The topological polar surface area (TPSA) is 116 Å². The lowest BCUT2D eigenvalue weighted by Gasteiger charge is -2.15. The maximum atomic E-state index is 12.0. The van der Waals surface area contributed by atoms with E-state index in [4.69, 9.17) is 10.5 Å². The average molecular weight is 294 g/mol. The fourth-order valence-corrected chi connectivity index (χ4v) is 2.52. The van der Waals surface area contributed by atoms with Gasteiger partial charge in [0.15, 0.2) is 0 Å². The number of ether oxygens (including phenoxy) is 1. The van der Waals surface area contributed by atoms with Gasteiger partial charge in [-0.2, -0.15) is 10.5 Å². The van der Waals surface area contributed by atoms with E-state index in [9.17, 15) is 15.3 Å². The highest BCUT2D eigenvalue weighted by Gasteiger charge is 2.22. The first kappa shape index (κ1) is 15.1. The van der Waals surface area contributed by atoms with Gasteiger partial charge < -0.3 is 15.5 Å². The van der Waals surface area contributed by atoms with Gasteiger partial charge in [-0.3, -0.25) is 4.79 Å². The molecule has 22 heavy (non-hydrogen) atoms. The lowest BCUT2D eigenvalue weighted by atomic mass is 9.93. The molecule has 6 heteroatoms. The van der Waals surface area contributed by atoms with Crippen LogP contribution in [0.25, 0.3) is 11.1 Å². The van der Waals surface area contributed by atoms with Crippen molar-refractivity contribution in [3.63, 3.8) is 0 Å². The van der Waals surface area contributed by atoms with Crippen LogP contribution in [0.15, 0.2) is 16.9 Å². The molecule has 0 spiro atoms. The summed E-state index contributed by atoms with van der Waals surface area (Å²) < 4.78 is 5.39. The number of nitrogens with zero attached hydrogens (tertiary/aromatic N) is 2. The first-order valence-corrected chi connectivity index (χ1v) is 6.46. The predicted octanol–water partition coefficient (Wildman–Crippen LogP) is 1.99. The normalized spacial score (nSPS) is 9.86. The minimum Gasteiger partial charge on any atom is -0.496 e. The van der Waals surface area contributed by atoms with E-state index in [1.807, 2.05) is 32.1 Å². The summed E-state index contributed by atoms with van der Waals surface area (Å²) in [5, 5.41) is 18.7. The number of anilines is 1. The second-order valence-corrected chi connectivity index (χ2v) is 4.88. The number of H-pyrrole nitrogens is 1. The maximum absolute atomic E-state index is 12.0. The number of aromatic nitrogens is 1. The number of hydrogen-bond acceptors (Lipinski definition) is 5. The third kappa shape index (κ3) is 2.27. The van der Waals surface area contributed by atoms with E-state index in [0.717, 1.165) is 11.1 Å². The molecule has 0 fully saturated rings. The Kier molecular flexibility index (Phi) is 3.87. The number of nitrogens with two attached hydrogens (primary N) is 1. The van der Waals surface area contributed by atoms with E-state index in [2.05, 4.69) is 4.98 Å². The second-order valence-electron chi connectivity index (χ2n) is 4.88. The standard InChI is InChI=1S/C16H14N4O2/c1-8-4-9(2)14(22-3)10(5-8)13-11(6-17)15(19)20-16(21)12(13)7-18/h4-5H,1-3H3,(H3,19,20,21). The Hall–Kier alpha value is -3.25. The highest BCUT2D eigenvalue weighted by Crippen LogP contribution is 2.37. The van der Waals surface area contributed by atoms with Gasteiger partial charge in [0.05, 0.1) is 7.11 Å². The number of aryl methyl sites for hydroxylation is 2. The molecule has 0 aliphatic heterocycles. The number of pyridine rings is 1. The molecular formula is C16H14N4O2. The molecule has 1 aromatic heterocycles. The Labute approximate surface area is 127 Å². The van der Waals surface area contributed by atoms with Crippen LogP contribution in [0.3, 0.4) is 0 Å². The van der Waals surface area contributed by atoms with Crippen LogP contribution >= 0.6 is 0 Å². The van der Waals surface area contributed by atoms with Gasteiger partial charge in [-0.05, 0) is 31.0 Å². The minimum atomic E-state index is -0.629. The van der Waals surface area contributed by atoms with Crippen molar-refractivity contribution in [2.45, 2.75) is 13.8 Å². The summed E-state index contributed by atoms with van der Waals surface area (Å²) in [7, 11) is 1.50. The molecule has 0 aliphatic carbocycles. The van der Waals surface area contributed by atoms with Gasteiger partial charge >= 0.3 is 0 Å². The van der Waals surface area contributed by atoms with Crippen LogP contribution in [0.1, 0.15) is 22.3 Å². The van der Waals surface area contributed by atoms with Crippen molar-refractivity contribution in [3.05, 3.63) is 44.7 Å². The molecule has 6 nitrogen and oxygen atoms in total. The van der Waals surface area contributed by atoms with Gasteiger partial charge in [0.25, 0.3) is 5.56 Å². The molecule has 0 amide bonds. The van der Waals surface area contributed by atoms with Gasteiger partial charge in [-0.25, -0.2) is 0 Å². The summed E-state index contributed by atoms with van der Waals surface area (Å²) in [6.07, 6.45) is 0. The number of nitriles is 2. The third-order valence-electron chi connectivity index (χ3n) is 3.36. The number of benzene rings is 1.